The second-order valence-electron chi connectivity index (χ2n) is 4.43. The molecule has 3 nitrogen and oxygen atoms in total. The van der Waals surface area contributed by atoms with Gasteiger partial charge < -0.3 is 15.2 Å². The molecule has 0 bridgehead atoms. The predicted molar refractivity (Wildman–Crippen MR) is 52.8 cm³/mol. The molecule has 78 valence electrons. The molecule has 0 radical (unpaired) electrons. The number of hydrogen-bond acceptors (Lipinski definition) is 3. The van der Waals surface area contributed by atoms with Crippen LogP contribution in [-0.2, 0) is 4.74 Å². The van der Waals surface area contributed by atoms with Crippen LogP contribution >= 0.6 is 0 Å². The molecule has 1 rings (SSSR count). The summed E-state index contributed by atoms with van der Waals surface area (Å²) >= 11 is 0. The minimum absolute atomic E-state index is 0.543. The van der Waals surface area contributed by atoms with Gasteiger partial charge >= 0.3 is 0 Å². The summed E-state index contributed by atoms with van der Waals surface area (Å²) in [6.07, 6.45) is 3.20. The van der Waals surface area contributed by atoms with Crippen molar-refractivity contribution < 1.29 is 9.84 Å². The number of rotatable bonds is 5. The van der Waals surface area contributed by atoms with E-state index in [1.165, 1.54) is 12.8 Å². The van der Waals surface area contributed by atoms with Crippen LogP contribution in [0.5, 0.6) is 0 Å². The van der Waals surface area contributed by atoms with Gasteiger partial charge in [0.2, 0.25) is 0 Å². The molecule has 1 saturated heterocycles. The fraction of sp³-hybridized carbons (Fsp3) is 1.00. The van der Waals surface area contributed by atoms with Crippen LogP contribution < -0.4 is 5.32 Å². The van der Waals surface area contributed by atoms with Crippen LogP contribution in [0.2, 0.25) is 0 Å². The summed E-state index contributed by atoms with van der Waals surface area (Å²) in [6, 6.07) is 0.543. The Balaban J connectivity index is 1.94. The minimum Gasteiger partial charge on any atom is -0.390 e. The highest BCUT2D eigenvalue weighted by atomic mass is 16.5. The summed E-state index contributed by atoms with van der Waals surface area (Å²) in [5, 5.41) is 12.8. The molecule has 1 fully saturated rings. The van der Waals surface area contributed by atoms with Crippen LogP contribution in [0.15, 0.2) is 0 Å². The van der Waals surface area contributed by atoms with Crippen molar-refractivity contribution in [3.05, 3.63) is 0 Å². The molecular formula is C10H21NO2. The van der Waals surface area contributed by atoms with Gasteiger partial charge in [-0.3, -0.25) is 0 Å². The first-order valence-corrected chi connectivity index (χ1v) is 5.11. The summed E-state index contributed by atoms with van der Waals surface area (Å²) in [6.45, 7) is 6.19. The third-order valence-corrected chi connectivity index (χ3v) is 2.34. The lowest BCUT2D eigenvalue weighted by Crippen LogP contribution is -2.28. The monoisotopic (exact) mass is 187 g/mol. The maximum absolute atomic E-state index is 9.41. The molecule has 13 heavy (non-hydrogen) atoms. The molecule has 0 saturated carbocycles. The zero-order chi connectivity index (χ0) is 9.73. The molecule has 1 aliphatic heterocycles. The first-order valence-electron chi connectivity index (χ1n) is 5.11. The average Bonchev–Trinajstić information content (AvgIpc) is 2.48. The van der Waals surface area contributed by atoms with Crippen LogP contribution in [-0.4, -0.2) is 36.5 Å². The normalized spacial score (nSPS) is 23.8. The van der Waals surface area contributed by atoms with Gasteiger partial charge in [-0.05, 0) is 39.7 Å². The molecule has 0 aromatic heterocycles. The summed E-state index contributed by atoms with van der Waals surface area (Å²) < 4.78 is 5.47. The highest BCUT2D eigenvalue weighted by molar-refractivity contribution is 4.73. The van der Waals surface area contributed by atoms with Gasteiger partial charge in [0.25, 0.3) is 0 Å². The van der Waals surface area contributed by atoms with Crippen molar-refractivity contribution >= 4 is 0 Å². The van der Waals surface area contributed by atoms with Gasteiger partial charge in [-0.25, -0.2) is 0 Å². The van der Waals surface area contributed by atoms with Gasteiger partial charge in [0.15, 0.2) is 0 Å². The lowest BCUT2D eigenvalue weighted by Gasteiger charge is -2.17. The van der Waals surface area contributed by atoms with Gasteiger partial charge in [0, 0.05) is 12.6 Å². The van der Waals surface area contributed by atoms with E-state index in [0.29, 0.717) is 19.1 Å². The number of nitrogens with one attached hydrogen (secondary N) is 1. The van der Waals surface area contributed by atoms with Crippen molar-refractivity contribution in [1.29, 1.82) is 0 Å². The van der Waals surface area contributed by atoms with Crippen molar-refractivity contribution in [3.8, 4) is 0 Å². The third kappa shape index (κ3) is 5.24. The Kier molecular flexibility index (Phi) is 4.16. The lowest BCUT2D eigenvalue weighted by atomic mass is 10.1. The second kappa shape index (κ2) is 4.94. The van der Waals surface area contributed by atoms with Crippen LogP contribution in [0.4, 0.5) is 0 Å². The zero-order valence-corrected chi connectivity index (χ0v) is 8.68. The fourth-order valence-corrected chi connectivity index (χ4v) is 1.45. The molecule has 1 atom stereocenters. The van der Waals surface area contributed by atoms with Crippen molar-refractivity contribution in [1.82, 2.24) is 5.32 Å². The molecular weight excluding hydrogens is 166 g/mol. The smallest absolute Gasteiger partial charge is 0.0619 e. The van der Waals surface area contributed by atoms with Gasteiger partial charge in [0.05, 0.1) is 12.2 Å². The highest BCUT2D eigenvalue weighted by Gasteiger charge is 2.15. The Morgan fingerprint density at radius 1 is 1.54 bits per heavy atom. The number of ether oxygens (including phenoxy) is 1. The molecule has 3 heteroatoms. The van der Waals surface area contributed by atoms with Crippen LogP contribution in [0, 0.1) is 0 Å². The Bertz CT molecular complexity index is 136. The first kappa shape index (κ1) is 11.0. The Hall–Kier alpha value is -0.120. The second-order valence-corrected chi connectivity index (χ2v) is 4.43. The summed E-state index contributed by atoms with van der Waals surface area (Å²) in [5.74, 6) is 0. The van der Waals surface area contributed by atoms with E-state index in [0.717, 1.165) is 13.2 Å². The molecule has 1 unspecified atom stereocenters. The molecule has 1 aliphatic rings. The highest BCUT2D eigenvalue weighted by Crippen LogP contribution is 2.08. The van der Waals surface area contributed by atoms with Crippen LogP contribution in [0.3, 0.4) is 0 Å². The Morgan fingerprint density at radius 2 is 2.31 bits per heavy atom. The van der Waals surface area contributed by atoms with Crippen molar-refractivity contribution in [3.63, 3.8) is 0 Å². The number of aliphatic hydroxyl groups is 1. The third-order valence-electron chi connectivity index (χ3n) is 2.34. The summed E-state index contributed by atoms with van der Waals surface area (Å²) in [7, 11) is 0. The Labute approximate surface area is 80.5 Å². The summed E-state index contributed by atoms with van der Waals surface area (Å²) in [5.41, 5.74) is -0.594. The molecule has 2 N–H and O–H groups in total. The first-order chi connectivity index (χ1) is 6.08. The van der Waals surface area contributed by atoms with Gasteiger partial charge in [0.1, 0.15) is 0 Å². The molecule has 1 heterocycles. The van der Waals surface area contributed by atoms with Crippen LogP contribution in [0.1, 0.15) is 33.1 Å². The van der Waals surface area contributed by atoms with Crippen LogP contribution in [0.25, 0.3) is 0 Å². The van der Waals surface area contributed by atoms with Gasteiger partial charge in [-0.15, -0.1) is 0 Å². The van der Waals surface area contributed by atoms with E-state index in [4.69, 9.17) is 4.74 Å². The Morgan fingerprint density at radius 3 is 2.85 bits per heavy atom. The van der Waals surface area contributed by atoms with E-state index in [9.17, 15) is 5.11 Å². The SMILES string of the molecule is CC(C)(O)CCOCC1CCCN1. The van der Waals surface area contributed by atoms with E-state index in [1.54, 1.807) is 0 Å². The predicted octanol–water partition coefficient (Wildman–Crippen LogP) is 0.916. The van der Waals surface area contributed by atoms with E-state index in [-0.39, 0.29) is 0 Å². The van der Waals surface area contributed by atoms with E-state index < -0.39 is 5.60 Å². The van der Waals surface area contributed by atoms with E-state index >= 15 is 0 Å². The molecule has 0 spiro atoms. The van der Waals surface area contributed by atoms with E-state index in [2.05, 4.69) is 5.32 Å². The maximum Gasteiger partial charge on any atom is 0.0619 e. The minimum atomic E-state index is -0.594. The maximum atomic E-state index is 9.41. The standard InChI is InChI=1S/C10H21NO2/c1-10(2,12)5-7-13-8-9-4-3-6-11-9/h9,11-12H,3-8H2,1-2H3. The van der Waals surface area contributed by atoms with Gasteiger partial charge in [-0.1, -0.05) is 0 Å². The molecule has 0 amide bonds. The van der Waals surface area contributed by atoms with Crippen molar-refractivity contribution in [2.24, 2.45) is 0 Å². The van der Waals surface area contributed by atoms with Crippen molar-refractivity contribution in [2.75, 3.05) is 19.8 Å². The largest absolute Gasteiger partial charge is 0.390 e. The average molecular weight is 187 g/mol. The van der Waals surface area contributed by atoms with Crippen molar-refractivity contribution in [2.45, 2.75) is 44.8 Å². The summed E-state index contributed by atoms with van der Waals surface area (Å²) in [4.78, 5) is 0. The number of hydrogen-bond donors (Lipinski definition) is 2. The fourth-order valence-electron chi connectivity index (χ4n) is 1.45. The molecule has 0 aliphatic carbocycles. The zero-order valence-electron chi connectivity index (χ0n) is 8.68. The van der Waals surface area contributed by atoms with E-state index in [1.807, 2.05) is 13.8 Å². The molecule has 0 aromatic carbocycles. The molecule has 0 aromatic rings. The quantitative estimate of drug-likeness (QED) is 0.629. The van der Waals surface area contributed by atoms with Gasteiger partial charge in [-0.2, -0.15) is 0 Å². The topological polar surface area (TPSA) is 41.5 Å². The lowest BCUT2D eigenvalue weighted by molar-refractivity contribution is 0.0243.